The highest BCUT2D eigenvalue weighted by atomic mass is 15.0. The van der Waals surface area contributed by atoms with Crippen molar-refractivity contribution < 1.29 is 0 Å². The Kier molecular flexibility index (Phi) is 7.83. The Hall–Kier alpha value is -6.59. The molecule has 0 N–H and O–H groups in total. The Bertz CT molecular complexity index is 2040. The van der Waals surface area contributed by atoms with Gasteiger partial charge in [0.1, 0.15) is 0 Å². The van der Waals surface area contributed by atoms with Crippen LogP contribution in [0.2, 0.25) is 0 Å². The van der Waals surface area contributed by atoms with Crippen LogP contribution in [0.15, 0.2) is 176 Å². The van der Waals surface area contributed by atoms with E-state index in [-0.39, 0.29) is 0 Å². The highest BCUT2D eigenvalue weighted by molar-refractivity contribution is 5.78. The van der Waals surface area contributed by atoms with Gasteiger partial charge >= 0.3 is 0 Å². The lowest BCUT2D eigenvalue weighted by Crippen LogP contribution is -2.00. The van der Waals surface area contributed by atoms with Crippen molar-refractivity contribution in [2.24, 2.45) is 0 Å². The van der Waals surface area contributed by atoms with Crippen molar-refractivity contribution in [1.29, 1.82) is 0 Å². The van der Waals surface area contributed by atoms with Gasteiger partial charge in [0.05, 0.1) is 11.4 Å². The average molecular weight is 616 g/mol. The first-order chi connectivity index (χ1) is 23.8. The first-order valence-electron chi connectivity index (χ1n) is 15.8. The predicted molar refractivity (Wildman–Crippen MR) is 193 cm³/mol. The summed E-state index contributed by atoms with van der Waals surface area (Å²) in [6.07, 6.45) is 0. The molecule has 5 heteroatoms. The minimum absolute atomic E-state index is 0.622. The van der Waals surface area contributed by atoms with Crippen LogP contribution in [-0.2, 0) is 0 Å². The second-order valence-electron chi connectivity index (χ2n) is 11.4. The van der Waals surface area contributed by atoms with E-state index in [1.165, 1.54) is 0 Å². The van der Waals surface area contributed by atoms with Gasteiger partial charge in [-0.25, -0.2) is 24.9 Å². The Labute approximate surface area is 279 Å². The molecule has 0 spiro atoms. The maximum atomic E-state index is 5.04. The summed E-state index contributed by atoms with van der Waals surface area (Å²) >= 11 is 0. The molecule has 0 saturated heterocycles. The molecule has 2 heterocycles. The minimum atomic E-state index is 0.622. The summed E-state index contributed by atoms with van der Waals surface area (Å²) in [6.45, 7) is 0. The number of aromatic nitrogens is 5. The van der Waals surface area contributed by atoms with E-state index in [0.717, 1.165) is 55.9 Å². The van der Waals surface area contributed by atoms with Crippen LogP contribution in [0, 0.1) is 0 Å². The zero-order valence-electron chi connectivity index (χ0n) is 26.0. The van der Waals surface area contributed by atoms with Crippen molar-refractivity contribution in [2.75, 3.05) is 0 Å². The summed E-state index contributed by atoms with van der Waals surface area (Å²) < 4.78 is 0. The lowest BCUT2D eigenvalue weighted by atomic mass is 9.99. The Morgan fingerprint density at radius 1 is 0.208 bits per heavy atom. The zero-order chi connectivity index (χ0) is 32.1. The molecule has 48 heavy (non-hydrogen) atoms. The van der Waals surface area contributed by atoms with E-state index >= 15 is 0 Å². The molecule has 0 aliphatic carbocycles. The molecule has 0 unspecified atom stereocenters. The van der Waals surface area contributed by atoms with Gasteiger partial charge in [-0.1, -0.05) is 158 Å². The first-order valence-corrected chi connectivity index (χ1v) is 15.8. The molecule has 8 rings (SSSR count). The van der Waals surface area contributed by atoms with Gasteiger partial charge in [0, 0.05) is 33.4 Å². The molecule has 8 aromatic rings. The zero-order valence-corrected chi connectivity index (χ0v) is 26.0. The molecular weight excluding hydrogens is 587 g/mol. The monoisotopic (exact) mass is 615 g/mol. The molecule has 2 aromatic heterocycles. The first kappa shape index (κ1) is 28.9. The Balaban J connectivity index is 1.21. The maximum Gasteiger partial charge on any atom is 0.164 e. The normalized spacial score (nSPS) is 10.9. The summed E-state index contributed by atoms with van der Waals surface area (Å²) in [7, 11) is 0. The smallest absolute Gasteiger partial charge is 0.164 e. The topological polar surface area (TPSA) is 64.5 Å². The van der Waals surface area contributed by atoms with E-state index in [1.807, 2.05) is 109 Å². The molecule has 5 nitrogen and oxygen atoms in total. The average Bonchev–Trinajstić information content (AvgIpc) is 3.19. The lowest BCUT2D eigenvalue weighted by Gasteiger charge is -2.11. The summed E-state index contributed by atoms with van der Waals surface area (Å²) in [5.74, 6) is 2.59. The minimum Gasteiger partial charge on any atom is -0.228 e. The fraction of sp³-hybridized carbons (Fsp3) is 0. The molecule has 226 valence electrons. The van der Waals surface area contributed by atoms with Gasteiger partial charge in [0.15, 0.2) is 23.3 Å². The van der Waals surface area contributed by atoms with E-state index < -0.39 is 0 Å². The van der Waals surface area contributed by atoms with E-state index in [2.05, 4.69) is 66.7 Å². The van der Waals surface area contributed by atoms with Crippen LogP contribution in [0.5, 0.6) is 0 Å². The van der Waals surface area contributed by atoms with Crippen molar-refractivity contribution in [3.63, 3.8) is 0 Å². The third-order valence-electron chi connectivity index (χ3n) is 8.14. The van der Waals surface area contributed by atoms with Gasteiger partial charge in [-0.05, 0) is 29.3 Å². The predicted octanol–water partition coefficient (Wildman–Crippen LogP) is 10.3. The highest BCUT2D eigenvalue weighted by Crippen LogP contribution is 2.32. The van der Waals surface area contributed by atoms with Crippen molar-refractivity contribution in [2.45, 2.75) is 0 Å². The van der Waals surface area contributed by atoms with E-state index in [1.54, 1.807) is 0 Å². The quantitative estimate of drug-likeness (QED) is 0.178. The standard InChI is InChI=1S/C43H29N5/c1-5-15-30(16-6-1)38-29-39(45-40(44-38)31-17-7-2-8-18-31)36-25-13-23-34(27-36)35-24-14-26-37(28-35)43-47-41(32-19-9-3-10-20-32)46-42(48-43)33-21-11-4-12-22-33/h1-29H. The third kappa shape index (κ3) is 6.13. The van der Waals surface area contributed by atoms with Gasteiger partial charge < -0.3 is 0 Å². The maximum absolute atomic E-state index is 5.04. The van der Waals surface area contributed by atoms with Crippen LogP contribution in [-0.4, -0.2) is 24.9 Å². The largest absolute Gasteiger partial charge is 0.228 e. The molecule has 0 bridgehead atoms. The number of hydrogen-bond acceptors (Lipinski definition) is 5. The SMILES string of the molecule is c1ccc(-c2cc(-c3cccc(-c4cccc(-c5nc(-c6ccccc6)nc(-c6ccccc6)n5)c4)c3)nc(-c3ccccc3)n2)cc1. The number of rotatable bonds is 7. The molecule has 6 aromatic carbocycles. The van der Waals surface area contributed by atoms with Gasteiger partial charge in [-0.2, -0.15) is 0 Å². The molecular formula is C43H29N5. The van der Waals surface area contributed by atoms with Crippen LogP contribution in [0.4, 0.5) is 0 Å². The van der Waals surface area contributed by atoms with Crippen molar-refractivity contribution >= 4 is 0 Å². The molecule has 0 fully saturated rings. The van der Waals surface area contributed by atoms with E-state index in [9.17, 15) is 0 Å². The fourth-order valence-electron chi connectivity index (χ4n) is 5.70. The van der Waals surface area contributed by atoms with Gasteiger partial charge in [0.25, 0.3) is 0 Å². The van der Waals surface area contributed by atoms with Crippen LogP contribution < -0.4 is 0 Å². The molecule has 0 aliphatic rings. The van der Waals surface area contributed by atoms with Gasteiger partial charge in [-0.3, -0.25) is 0 Å². The van der Waals surface area contributed by atoms with Crippen LogP contribution in [0.3, 0.4) is 0 Å². The number of hydrogen-bond donors (Lipinski definition) is 0. The lowest BCUT2D eigenvalue weighted by molar-refractivity contribution is 1.07. The van der Waals surface area contributed by atoms with E-state index in [0.29, 0.717) is 23.3 Å². The summed E-state index contributed by atoms with van der Waals surface area (Å²) in [5, 5.41) is 0. The van der Waals surface area contributed by atoms with Crippen molar-refractivity contribution in [1.82, 2.24) is 24.9 Å². The van der Waals surface area contributed by atoms with Crippen molar-refractivity contribution in [3.8, 4) is 79.2 Å². The molecule has 0 radical (unpaired) electrons. The molecule has 0 aliphatic heterocycles. The number of benzene rings is 6. The second kappa shape index (κ2) is 13.0. The van der Waals surface area contributed by atoms with Crippen molar-refractivity contribution in [3.05, 3.63) is 176 Å². The van der Waals surface area contributed by atoms with Gasteiger partial charge in [-0.15, -0.1) is 0 Å². The number of nitrogens with zero attached hydrogens (tertiary/aromatic N) is 5. The Morgan fingerprint density at radius 3 is 1.00 bits per heavy atom. The summed E-state index contributed by atoms with van der Waals surface area (Å²) in [5.41, 5.74) is 9.68. The Morgan fingerprint density at radius 2 is 0.521 bits per heavy atom. The second-order valence-corrected chi connectivity index (χ2v) is 11.4. The van der Waals surface area contributed by atoms with E-state index in [4.69, 9.17) is 24.9 Å². The molecule has 0 atom stereocenters. The third-order valence-corrected chi connectivity index (χ3v) is 8.14. The summed E-state index contributed by atoms with van der Waals surface area (Å²) in [6, 6.07) is 59.3. The van der Waals surface area contributed by atoms with Crippen LogP contribution in [0.1, 0.15) is 0 Å². The summed E-state index contributed by atoms with van der Waals surface area (Å²) in [4.78, 5) is 24.7. The van der Waals surface area contributed by atoms with Crippen LogP contribution >= 0.6 is 0 Å². The molecule has 0 amide bonds. The molecule has 0 saturated carbocycles. The van der Waals surface area contributed by atoms with Crippen LogP contribution in [0.25, 0.3) is 79.2 Å². The van der Waals surface area contributed by atoms with Gasteiger partial charge in [0.2, 0.25) is 0 Å². The highest BCUT2D eigenvalue weighted by Gasteiger charge is 2.14. The fourth-order valence-corrected chi connectivity index (χ4v) is 5.70.